The molecular formula is C16H23BrN2. The van der Waals surface area contributed by atoms with Gasteiger partial charge in [0.15, 0.2) is 0 Å². The van der Waals surface area contributed by atoms with E-state index >= 15 is 0 Å². The Morgan fingerprint density at radius 2 is 2.11 bits per heavy atom. The first-order valence-electron chi connectivity index (χ1n) is 7.37. The van der Waals surface area contributed by atoms with Crippen molar-refractivity contribution in [2.24, 2.45) is 5.92 Å². The Balaban J connectivity index is 1.89. The topological polar surface area (TPSA) is 15.3 Å². The number of hydrogen-bond donors (Lipinski definition) is 1. The molecule has 1 aliphatic carbocycles. The van der Waals surface area contributed by atoms with Crippen LogP contribution < -0.4 is 5.32 Å². The summed E-state index contributed by atoms with van der Waals surface area (Å²) in [4.78, 5) is 2.75. The SMILES string of the molecule is CNCC1CCN(C2CC2)C1c1ccc(Br)c(C)c1. The van der Waals surface area contributed by atoms with E-state index in [-0.39, 0.29) is 0 Å². The van der Waals surface area contributed by atoms with Crippen molar-refractivity contribution < 1.29 is 0 Å². The van der Waals surface area contributed by atoms with Gasteiger partial charge in [0.25, 0.3) is 0 Å². The summed E-state index contributed by atoms with van der Waals surface area (Å²) in [6.07, 6.45) is 4.13. The summed E-state index contributed by atoms with van der Waals surface area (Å²) in [6.45, 7) is 4.59. The quantitative estimate of drug-likeness (QED) is 0.912. The third kappa shape index (κ3) is 2.74. The zero-order valence-corrected chi connectivity index (χ0v) is 13.4. The van der Waals surface area contributed by atoms with Gasteiger partial charge in [-0.3, -0.25) is 4.90 Å². The lowest BCUT2D eigenvalue weighted by atomic mass is 9.92. The van der Waals surface area contributed by atoms with Crippen molar-refractivity contribution in [3.8, 4) is 0 Å². The van der Waals surface area contributed by atoms with Crippen molar-refractivity contribution in [2.45, 2.75) is 38.3 Å². The fraction of sp³-hybridized carbons (Fsp3) is 0.625. The summed E-state index contributed by atoms with van der Waals surface area (Å²) in [5.74, 6) is 0.756. The van der Waals surface area contributed by atoms with E-state index in [1.807, 2.05) is 0 Å². The van der Waals surface area contributed by atoms with Crippen LogP contribution in [0.1, 0.15) is 36.4 Å². The predicted molar refractivity (Wildman–Crippen MR) is 83.4 cm³/mol. The molecule has 1 saturated heterocycles. The van der Waals surface area contributed by atoms with E-state index in [2.05, 4.69) is 58.3 Å². The Kier molecular flexibility index (Phi) is 3.97. The minimum absolute atomic E-state index is 0.617. The van der Waals surface area contributed by atoms with E-state index in [0.29, 0.717) is 6.04 Å². The van der Waals surface area contributed by atoms with Crippen molar-refractivity contribution in [1.29, 1.82) is 0 Å². The van der Waals surface area contributed by atoms with Gasteiger partial charge in [0.05, 0.1) is 0 Å². The van der Waals surface area contributed by atoms with Crippen LogP contribution in [0.25, 0.3) is 0 Å². The van der Waals surface area contributed by atoms with Crippen molar-refractivity contribution in [3.05, 3.63) is 33.8 Å². The predicted octanol–water partition coefficient (Wildman–Crippen LogP) is 3.50. The fourth-order valence-corrected chi connectivity index (χ4v) is 3.74. The van der Waals surface area contributed by atoms with E-state index in [4.69, 9.17) is 0 Å². The number of rotatable bonds is 4. The minimum atomic E-state index is 0.617. The summed E-state index contributed by atoms with van der Waals surface area (Å²) >= 11 is 3.61. The highest BCUT2D eigenvalue weighted by Gasteiger charge is 2.42. The molecule has 1 aromatic carbocycles. The maximum absolute atomic E-state index is 3.61. The Hall–Kier alpha value is -0.380. The Morgan fingerprint density at radius 1 is 1.32 bits per heavy atom. The van der Waals surface area contributed by atoms with E-state index < -0.39 is 0 Å². The highest BCUT2D eigenvalue weighted by atomic mass is 79.9. The molecule has 1 saturated carbocycles. The zero-order chi connectivity index (χ0) is 13.4. The first-order chi connectivity index (χ1) is 9.20. The van der Waals surface area contributed by atoms with Crippen LogP contribution in [0.15, 0.2) is 22.7 Å². The zero-order valence-electron chi connectivity index (χ0n) is 11.8. The molecule has 2 fully saturated rings. The molecule has 0 aromatic heterocycles. The van der Waals surface area contributed by atoms with Crippen LogP contribution >= 0.6 is 15.9 Å². The largest absolute Gasteiger partial charge is 0.319 e. The molecule has 0 radical (unpaired) electrons. The molecule has 104 valence electrons. The molecule has 0 spiro atoms. The average Bonchev–Trinajstić information content (AvgIpc) is 3.15. The van der Waals surface area contributed by atoms with Gasteiger partial charge in [-0.25, -0.2) is 0 Å². The average molecular weight is 323 g/mol. The highest BCUT2D eigenvalue weighted by molar-refractivity contribution is 9.10. The third-order valence-corrected chi connectivity index (χ3v) is 5.46. The van der Waals surface area contributed by atoms with E-state index in [0.717, 1.165) is 18.5 Å². The fourth-order valence-electron chi connectivity index (χ4n) is 3.49. The van der Waals surface area contributed by atoms with Crippen LogP contribution in [0, 0.1) is 12.8 Å². The Labute approximate surface area is 124 Å². The summed E-state index contributed by atoms with van der Waals surface area (Å²) in [6, 6.07) is 8.37. The number of likely N-dealkylation sites (tertiary alicyclic amines) is 1. The maximum atomic E-state index is 3.61. The van der Waals surface area contributed by atoms with E-state index in [1.54, 1.807) is 0 Å². The Morgan fingerprint density at radius 3 is 2.74 bits per heavy atom. The second-order valence-corrected chi connectivity index (χ2v) is 6.88. The minimum Gasteiger partial charge on any atom is -0.319 e. The molecule has 0 amide bonds. The standard InChI is InChI=1S/C16H23BrN2/c1-11-9-12(3-6-15(11)17)16-13(10-18-2)7-8-19(16)14-4-5-14/h3,6,9,13-14,16,18H,4-5,7-8,10H2,1-2H3. The summed E-state index contributed by atoms with van der Waals surface area (Å²) < 4.78 is 1.22. The molecule has 19 heavy (non-hydrogen) atoms. The maximum Gasteiger partial charge on any atom is 0.0391 e. The monoisotopic (exact) mass is 322 g/mol. The molecule has 2 nitrogen and oxygen atoms in total. The summed E-state index contributed by atoms with van der Waals surface area (Å²) in [7, 11) is 2.07. The summed E-state index contributed by atoms with van der Waals surface area (Å²) in [5.41, 5.74) is 2.86. The number of hydrogen-bond acceptors (Lipinski definition) is 2. The van der Waals surface area contributed by atoms with Crippen molar-refractivity contribution in [1.82, 2.24) is 10.2 Å². The molecule has 0 bridgehead atoms. The molecule has 3 rings (SSSR count). The van der Waals surface area contributed by atoms with Gasteiger partial charge < -0.3 is 5.32 Å². The highest BCUT2D eigenvalue weighted by Crippen LogP contribution is 2.44. The number of nitrogens with one attached hydrogen (secondary N) is 1. The lowest BCUT2D eigenvalue weighted by Gasteiger charge is -2.29. The molecule has 3 heteroatoms. The van der Waals surface area contributed by atoms with E-state index in [9.17, 15) is 0 Å². The molecule has 1 aromatic rings. The number of halogens is 1. The van der Waals surface area contributed by atoms with Gasteiger partial charge in [-0.2, -0.15) is 0 Å². The molecule has 2 unspecified atom stereocenters. The summed E-state index contributed by atoms with van der Waals surface area (Å²) in [5, 5.41) is 3.38. The van der Waals surface area contributed by atoms with Crippen LogP contribution in [-0.2, 0) is 0 Å². The van der Waals surface area contributed by atoms with Gasteiger partial charge in [-0.05, 0) is 69.4 Å². The second-order valence-electron chi connectivity index (χ2n) is 6.03. The molecular weight excluding hydrogens is 300 g/mol. The van der Waals surface area contributed by atoms with Gasteiger partial charge >= 0.3 is 0 Å². The lowest BCUT2D eigenvalue weighted by molar-refractivity contribution is 0.217. The van der Waals surface area contributed by atoms with Crippen LogP contribution in [0.2, 0.25) is 0 Å². The lowest BCUT2D eigenvalue weighted by Crippen LogP contribution is -2.30. The van der Waals surface area contributed by atoms with Crippen molar-refractivity contribution in [3.63, 3.8) is 0 Å². The van der Waals surface area contributed by atoms with Crippen LogP contribution in [-0.4, -0.2) is 31.1 Å². The third-order valence-electron chi connectivity index (χ3n) is 4.57. The smallest absolute Gasteiger partial charge is 0.0391 e. The molecule has 1 N–H and O–H groups in total. The molecule has 2 aliphatic rings. The van der Waals surface area contributed by atoms with Crippen LogP contribution in [0.5, 0.6) is 0 Å². The van der Waals surface area contributed by atoms with Gasteiger partial charge in [0.1, 0.15) is 0 Å². The van der Waals surface area contributed by atoms with Gasteiger partial charge in [-0.1, -0.05) is 28.1 Å². The number of nitrogens with zero attached hydrogens (tertiary/aromatic N) is 1. The van der Waals surface area contributed by atoms with Crippen LogP contribution in [0.3, 0.4) is 0 Å². The van der Waals surface area contributed by atoms with Gasteiger partial charge in [0, 0.05) is 16.6 Å². The molecule has 1 heterocycles. The Bertz CT molecular complexity index is 456. The van der Waals surface area contributed by atoms with Gasteiger partial charge in [-0.15, -0.1) is 0 Å². The van der Waals surface area contributed by atoms with Crippen LogP contribution in [0.4, 0.5) is 0 Å². The normalized spacial score (nSPS) is 27.9. The number of benzene rings is 1. The van der Waals surface area contributed by atoms with Gasteiger partial charge in [0.2, 0.25) is 0 Å². The first kappa shape index (κ1) is 13.6. The number of aryl methyl sites for hydroxylation is 1. The molecule has 2 atom stereocenters. The van der Waals surface area contributed by atoms with E-state index in [1.165, 1.54) is 41.4 Å². The molecule has 1 aliphatic heterocycles. The first-order valence-corrected chi connectivity index (χ1v) is 8.16. The van der Waals surface area contributed by atoms with Crippen molar-refractivity contribution >= 4 is 15.9 Å². The second kappa shape index (κ2) is 5.55. The van der Waals surface area contributed by atoms with Crippen molar-refractivity contribution in [2.75, 3.05) is 20.1 Å².